The zero-order valence-corrected chi connectivity index (χ0v) is 32.8. The van der Waals surface area contributed by atoms with Crippen LogP contribution in [-0.4, -0.2) is 56.4 Å². The van der Waals surface area contributed by atoms with Gasteiger partial charge in [-0.2, -0.15) is 0 Å². The number of aryl methyl sites for hydroxylation is 3. The highest BCUT2D eigenvalue weighted by atomic mass is 32.1. The van der Waals surface area contributed by atoms with Gasteiger partial charge in [0.2, 0.25) is 0 Å². The average molecular weight is 773 g/mol. The Kier molecular flexibility index (Phi) is 13.0. The summed E-state index contributed by atoms with van der Waals surface area (Å²) in [5.74, 6) is -2.47. The summed E-state index contributed by atoms with van der Waals surface area (Å²) in [6.07, 6.45) is 14.6. The molecule has 10 nitrogen and oxygen atoms in total. The normalized spacial score (nSPS) is 15.2. The van der Waals surface area contributed by atoms with Crippen molar-refractivity contribution < 1.29 is 29.4 Å². The number of carbonyl (C=O) groups is 4. The van der Waals surface area contributed by atoms with Gasteiger partial charge in [0, 0.05) is 28.7 Å². The predicted octanol–water partition coefficient (Wildman–Crippen LogP) is 9.06. The molecule has 2 amide bonds. The lowest BCUT2D eigenvalue weighted by atomic mass is 9.92. The molecule has 1 atom stereocenters. The minimum Gasteiger partial charge on any atom is -0.478 e. The Hall–Kier alpha value is -5.81. The van der Waals surface area contributed by atoms with Gasteiger partial charge in [-0.05, 0) is 131 Å². The van der Waals surface area contributed by atoms with Crippen LogP contribution >= 0.6 is 11.3 Å². The fourth-order valence-corrected chi connectivity index (χ4v) is 8.66. The molecule has 0 radical (unpaired) electrons. The molecule has 4 aromatic rings. The standard InChI is InChI=1S/C45H48N4O6S/c1-4-38(36-15-9-16-37(47-36)45(54)55)49(28(2)3)27-31-12-8-13-33(26-31)41(50)48-43-40(35-14-5-6-17-39(35)56-43)42(51)46-34-24-20-30(21-25-34)11-7-10-29-18-22-32(23-19-29)44(52)53/h4,8-9,12-13,15-16,18-25,28,31H,5-7,10-11,14,17,26-27H2,1-3H3,(H,46,51)(H,48,50)(H,52,53)(H,54,55). The van der Waals surface area contributed by atoms with Crippen LogP contribution in [0.2, 0.25) is 0 Å². The summed E-state index contributed by atoms with van der Waals surface area (Å²) in [4.78, 5) is 58.3. The molecule has 0 saturated heterocycles. The first-order valence-corrected chi connectivity index (χ1v) is 20.0. The fourth-order valence-electron chi connectivity index (χ4n) is 7.37. The number of aromatic carboxylic acids is 2. The molecular weight excluding hydrogens is 725 g/mol. The number of nitrogens with zero attached hydrogens (tertiary/aromatic N) is 2. The smallest absolute Gasteiger partial charge is 0.354 e. The second-order valence-corrected chi connectivity index (χ2v) is 15.7. The van der Waals surface area contributed by atoms with Crippen LogP contribution in [0.4, 0.5) is 10.7 Å². The van der Waals surface area contributed by atoms with Gasteiger partial charge in [0.25, 0.3) is 11.8 Å². The lowest BCUT2D eigenvalue weighted by molar-refractivity contribution is -0.113. The SMILES string of the molecule is CC=C(c1cccc(C(=O)O)n1)N(CC1C=CC=C(C(=O)Nc2sc3c(c2C(=O)Nc2ccc(CCCc4ccc(C(=O)O)cc4)cc2)CCCC3)C1)C(C)C. The highest BCUT2D eigenvalue weighted by Crippen LogP contribution is 2.39. The first-order chi connectivity index (χ1) is 27.0. The molecule has 11 heteroatoms. The molecule has 290 valence electrons. The highest BCUT2D eigenvalue weighted by molar-refractivity contribution is 7.17. The first kappa shape index (κ1) is 39.9. The largest absolute Gasteiger partial charge is 0.478 e. The van der Waals surface area contributed by atoms with Gasteiger partial charge < -0.3 is 25.7 Å². The van der Waals surface area contributed by atoms with Crippen LogP contribution < -0.4 is 10.6 Å². The fraction of sp³-hybridized carbons (Fsp3) is 0.311. The average Bonchev–Trinajstić information content (AvgIpc) is 3.56. The molecule has 6 rings (SSSR count). The summed E-state index contributed by atoms with van der Waals surface area (Å²) in [5.41, 5.74) is 6.77. The molecule has 2 aliphatic carbocycles. The van der Waals surface area contributed by atoms with Crippen molar-refractivity contribution in [1.29, 1.82) is 0 Å². The summed E-state index contributed by atoms with van der Waals surface area (Å²) in [6.45, 7) is 6.67. The third kappa shape index (κ3) is 9.70. The van der Waals surface area contributed by atoms with Crippen molar-refractivity contribution in [3.8, 4) is 0 Å². The van der Waals surface area contributed by atoms with Gasteiger partial charge in [0.05, 0.1) is 22.5 Å². The predicted molar refractivity (Wildman–Crippen MR) is 221 cm³/mol. The zero-order valence-electron chi connectivity index (χ0n) is 32.0. The Morgan fingerprint density at radius 2 is 1.55 bits per heavy atom. The molecule has 2 aromatic heterocycles. The van der Waals surface area contributed by atoms with Crippen LogP contribution in [0.3, 0.4) is 0 Å². The monoisotopic (exact) mass is 772 g/mol. The minimum absolute atomic E-state index is 0.00778. The molecular formula is C45H48N4O6S. The summed E-state index contributed by atoms with van der Waals surface area (Å²) in [7, 11) is 0. The Balaban J connectivity index is 1.10. The molecule has 56 heavy (non-hydrogen) atoms. The number of hydrogen-bond acceptors (Lipinski definition) is 7. The van der Waals surface area contributed by atoms with E-state index in [0.717, 1.165) is 72.2 Å². The van der Waals surface area contributed by atoms with E-state index in [0.29, 0.717) is 40.5 Å². The molecule has 4 N–H and O–H groups in total. The van der Waals surface area contributed by atoms with Gasteiger partial charge in [0.1, 0.15) is 10.7 Å². The number of pyridine rings is 1. The van der Waals surface area contributed by atoms with E-state index < -0.39 is 11.9 Å². The number of carboxylic acid groups (broad SMARTS) is 2. The van der Waals surface area contributed by atoms with Crippen molar-refractivity contribution >= 4 is 51.5 Å². The number of amides is 2. The van der Waals surface area contributed by atoms with Gasteiger partial charge in [-0.25, -0.2) is 14.6 Å². The lowest BCUT2D eigenvalue weighted by Crippen LogP contribution is -2.35. The van der Waals surface area contributed by atoms with Crippen LogP contribution in [-0.2, 0) is 30.5 Å². The topological polar surface area (TPSA) is 149 Å². The van der Waals surface area contributed by atoms with Crippen molar-refractivity contribution in [2.75, 3.05) is 17.2 Å². The van der Waals surface area contributed by atoms with Gasteiger partial charge in [-0.1, -0.05) is 54.6 Å². The first-order valence-electron chi connectivity index (χ1n) is 19.2. The number of carboxylic acids is 2. The molecule has 0 fully saturated rings. The third-order valence-electron chi connectivity index (χ3n) is 10.3. The number of benzene rings is 2. The second-order valence-electron chi connectivity index (χ2n) is 14.6. The number of aromatic nitrogens is 1. The maximum absolute atomic E-state index is 13.9. The van der Waals surface area contributed by atoms with Gasteiger partial charge >= 0.3 is 11.9 Å². The van der Waals surface area contributed by atoms with Crippen LogP contribution in [0.15, 0.2) is 96.6 Å². The quantitative estimate of drug-likeness (QED) is 0.0936. The van der Waals surface area contributed by atoms with Crippen LogP contribution in [0, 0.1) is 5.92 Å². The summed E-state index contributed by atoms with van der Waals surface area (Å²) in [6, 6.07) is 19.9. The molecule has 2 heterocycles. The van der Waals surface area contributed by atoms with Crippen molar-refractivity contribution in [3.05, 3.63) is 141 Å². The number of carbonyl (C=O) groups excluding carboxylic acids is 2. The van der Waals surface area contributed by atoms with Gasteiger partial charge in [-0.15, -0.1) is 11.3 Å². The van der Waals surface area contributed by atoms with Gasteiger partial charge in [0.15, 0.2) is 0 Å². The Bertz CT molecular complexity index is 2180. The Labute approximate surface area is 331 Å². The number of allylic oxidation sites excluding steroid dienone is 3. The summed E-state index contributed by atoms with van der Waals surface area (Å²) < 4.78 is 0. The van der Waals surface area contributed by atoms with E-state index in [1.54, 1.807) is 18.2 Å². The second kappa shape index (κ2) is 18.2. The van der Waals surface area contributed by atoms with Crippen molar-refractivity contribution in [3.63, 3.8) is 0 Å². The van der Waals surface area contributed by atoms with E-state index in [1.165, 1.54) is 17.4 Å². The van der Waals surface area contributed by atoms with E-state index >= 15 is 0 Å². The molecule has 1 unspecified atom stereocenters. The number of rotatable bonds is 15. The molecule has 0 bridgehead atoms. The van der Waals surface area contributed by atoms with Crippen LogP contribution in [0.1, 0.15) is 105 Å². The van der Waals surface area contributed by atoms with E-state index in [9.17, 15) is 24.3 Å². The van der Waals surface area contributed by atoms with E-state index in [4.69, 9.17) is 5.11 Å². The van der Waals surface area contributed by atoms with Gasteiger partial charge in [-0.3, -0.25) is 9.59 Å². The Morgan fingerprint density at radius 3 is 2.21 bits per heavy atom. The number of thiophene rings is 1. The van der Waals surface area contributed by atoms with Crippen LogP contribution in [0.5, 0.6) is 0 Å². The third-order valence-corrected chi connectivity index (χ3v) is 11.5. The molecule has 0 saturated carbocycles. The van der Waals surface area contributed by atoms with Crippen molar-refractivity contribution in [2.24, 2.45) is 5.92 Å². The number of hydrogen-bond donors (Lipinski definition) is 4. The molecule has 0 aliphatic heterocycles. The molecule has 0 spiro atoms. The summed E-state index contributed by atoms with van der Waals surface area (Å²) in [5, 5.41) is 25.4. The maximum atomic E-state index is 13.9. The van der Waals surface area contributed by atoms with Crippen molar-refractivity contribution in [1.82, 2.24) is 9.88 Å². The molecule has 2 aliphatic rings. The lowest BCUT2D eigenvalue weighted by Gasteiger charge is -2.34. The van der Waals surface area contributed by atoms with Crippen molar-refractivity contribution in [2.45, 2.75) is 78.2 Å². The van der Waals surface area contributed by atoms with E-state index in [2.05, 4.69) is 40.4 Å². The number of fused-ring (bicyclic) bond motifs is 1. The maximum Gasteiger partial charge on any atom is 0.354 e. The van der Waals surface area contributed by atoms with Crippen LogP contribution in [0.25, 0.3) is 5.70 Å². The zero-order chi connectivity index (χ0) is 39.8. The number of anilines is 2. The van der Waals surface area contributed by atoms with E-state index in [-0.39, 0.29) is 35.0 Å². The Morgan fingerprint density at radius 1 is 0.875 bits per heavy atom. The summed E-state index contributed by atoms with van der Waals surface area (Å²) >= 11 is 1.50. The molecule has 2 aromatic carbocycles. The highest BCUT2D eigenvalue weighted by Gasteiger charge is 2.29. The van der Waals surface area contributed by atoms with E-state index in [1.807, 2.05) is 67.6 Å². The minimum atomic E-state index is -1.08. The number of nitrogens with one attached hydrogen (secondary N) is 2.